The molecule has 21 heavy (non-hydrogen) atoms. The Bertz CT molecular complexity index is 588. The zero-order chi connectivity index (χ0) is 15.2. The summed E-state index contributed by atoms with van der Waals surface area (Å²) in [5.41, 5.74) is 0. The molecule has 0 bridgehead atoms. The zero-order valence-corrected chi connectivity index (χ0v) is 12.3. The van der Waals surface area contributed by atoms with Gasteiger partial charge in [-0.3, -0.25) is 4.79 Å². The van der Waals surface area contributed by atoms with Crippen LogP contribution in [0.3, 0.4) is 0 Å². The van der Waals surface area contributed by atoms with Crippen LogP contribution in [-0.2, 0) is 4.79 Å². The highest BCUT2D eigenvalue weighted by molar-refractivity contribution is 7.10. The standard InChI is InChI=1S/C15H16FNO3S/c1-17(9-12(18)14-7-4-8-21-14)15(19)10-20-13-6-3-2-5-11(13)16/h2-8,12,18H,9-10H2,1H3. The first-order valence-electron chi connectivity index (χ1n) is 6.40. The Hall–Kier alpha value is -1.92. The molecule has 1 amide bonds. The fourth-order valence-electron chi connectivity index (χ4n) is 1.74. The first-order valence-corrected chi connectivity index (χ1v) is 7.28. The number of amides is 1. The maximum atomic E-state index is 13.3. The maximum absolute atomic E-state index is 13.3. The molecule has 0 radical (unpaired) electrons. The van der Waals surface area contributed by atoms with Crippen molar-refractivity contribution in [3.8, 4) is 5.75 Å². The predicted molar refractivity (Wildman–Crippen MR) is 78.8 cm³/mol. The van der Waals surface area contributed by atoms with Crippen LogP contribution in [0.25, 0.3) is 0 Å². The lowest BCUT2D eigenvalue weighted by molar-refractivity contribution is -0.133. The van der Waals surface area contributed by atoms with Crippen LogP contribution >= 0.6 is 11.3 Å². The number of para-hydroxylation sites is 1. The molecule has 4 nitrogen and oxygen atoms in total. The first kappa shape index (κ1) is 15.5. The van der Waals surface area contributed by atoms with E-state index in [1.54, 1.807) is 19.2 Å². The number of nitrogens with zero attached hydrogens (tertiary/aromatic N) is 1. The minimum absolute atomic E-state index is 0.0399. The van der Waals surface area contributed by atoms with Gasteiger partial charge in [0.1, 0.15) is 6.10 Å². The third-order valence-electron chi connectivity index (χ3n) is 2.93. The molecule has 1 atom stereocenters. The van der Waals surface area contributed by atoms with Crippen molar-refractivity contribution >= 4 is 17.2 Å². The summed E-state index contributed by atoms with van der Waals surface area (Å²) < 4.78 is 18.5. The molecule has 2 rings (SSSR count). The van der Waals surface area contributed by atoms with E-state index < -0.39 is 11.9 Å². The summed E-state index contributed by atoms with van der Waals surface area (Å²) in [4.78, 5) is 14.1. The Balaban J connectivity index is 1.84. The summed E-state index contributed by atoms with van der Waals surface area (Å²) in [6.45, 7) is -0.103. The molecule has 0 spiro atoms. The van der Waals surface area contributed by atoms with Gasteiger partial charge in [0.05, 0.1) is 6.54 Å². The van der Waals surface area contributed by atoms with E-state index in [9.17, 15) is 14.3 Å². The quantitative estimate of drug-likeness (QED) is 0.892. The van der Waals surface area contributed by atoms with Gasteiger partial charge >= 0.3 is 0 Å². The number of halogens is 1. The lowest BCUT2D eigenvalue weighted by atomic mass is 10.3. The summed E-state index contributed by atoms with van der Waals surface area (Å²) in [6.07, 6.45) is -0.729. The highest BCUT2D eigenvalue weighted by Gasteiger charge is 2.16. The first-order chi connectivity index (χ1) is 10.1. The number of aliphatic hydroxyl groups is 1. The molecule has 2 aromatic rings. The highest BCUT2D eigenvalue weighted by atomic mass is 32.1. The van der Waals surface area contributed by atoms with Crippen LogP contribution < -0.4 is 4.74 Å². The smallest absolute Gasteiger partial charge is 0.260 e. The van der Waals surface area contributed by atoms with Crippen molar-refractivity contribution in [3.05, 3.63) is 52.5 Å². The lowest BCUT2D eigenvalue weighted by Crippen LogP contribution is -2.34. The van der Waals surface area contributed by atoms with Crippen LogP contribution in [0.4, 0.5) is 4.39 Å². The molecule has 0 saturated carbocycles. The Morgan fingerprint density at radius 1 is 1.38 bits per heavy atom. The Labute approximate surface area is 126 Å². The normalized spacial score (nSPS) is 12.0. The van der Waals surface area contributed by atoms with E-state index in [4.69, 9.17) is 4.74 Å². The van der Waals surface area contributed by atoms with Gasteiger partial charge in [0.15, 0.2) is 18.2 Å². The molecule has 112 valence electrons. The van der Waals surface area contributed by atoms with Gasteiger partial charge in [0.25, 0.3) is 5.91 Å². The van der Waals surface area contributed by atoms with Crippen LogP contribution in [0, 0.1) is 5.82 Å². The van der Waals surface area contributed by atoms with E-state index in [-0.39, 0.29) is 24.8 Å². The van der Waals surface area contributed by atoms with Crippen LogP contribution in [0.15, 0.2) is 41.8 Å². The lowest BCUT2D eigenvalue weighted by Gasteiger charge is -2.20. The van der Waals surface area contributed by atoms with Crippen molar-refractivity contribution in [2.45, 2.75) is 6.10 Å². The van der Waals surface area contributed by atoms with Gasteiger partial charge in [0, 0.05) is 11.9 Å². The maximum Gasteiger partial charge on any atom is 0.260 e. The second kappa shape index (κ2) is 7.19. The second-order valence-electron chi connectivity index (χ2n) is 4.52. The molecule has 0 saturated heterocycles. The SMILES string of the molecule is CN(CC(O)c1cccs1)C(=O)COc1ccccc1F. The number of benzene rings is 1. The van der Waals surface area contributed by atoms with Crippen molar-refractivity contribution in [2.24, 2.45) is 0 Å². The molecular formula is C15H16FNO3S. The van der Waals surface area contributed by atoms with Gasteiger partial charge in [-0.2, -0.15) is 0 Å². The minimum atomic E-state index is -0.729. The number of aliphatic hydroxyl groups excluding tert-OH is 1. The summed E-state index contributed by atoms with van der Waals surface area (Å²) in [5, 5.41) is 11.8. The molecule has 1 unspecified atom stereocenters. The molecule has 1 heterocycles. The average Bonchev–Trinajstić information content (AvgIpc) is 3.00. The summed E-state index contributed by atoms with van der Waals surface area (Å²) in [7, 11) is 1.57. The van der Waals surface area contributed by atoms with E-state index in [1.807, 2.05) is 17.5 Å². The van der Waals surface area contributed by atoms with Crippen molar-refractivity contribution in [3.63, 3.8) is 0 Å². The van der Waals surface area contributed by atoms with Gasteiger partial charge < -0.3 is 14.7 Å². The summed E-state index contributed by atoms with van der Waals surface area (Å²) >= 11 is 1.43. The van der Waals surface area contributed by atoms with E-state index in [0.29, 0.717) is 0 Å². The summed E-state index contributed by atoms with van der Waals surface area (Å²) in [6, 6.07) is 9.56. The molecule has 1 N–H and O–H groups in total. The molecular weight excluding hydrogens is 293 g/mol. The van der Waals surface area contributed by atoms with Crippen LogP contribution in [0.2, 0.25) is 0 Å². The second-order valence-corrected chi connectivity index (χ2v) is 5.50. The Kier molecular flexibility index (Phi) is 5.30. The van der Waals surface area contributed by atoms with E-state index in [1.165, 1.54) is 28.4 Å². The molecule has 1 aromatic heterocycles. The fourth-order valence-corrected chi connectivity index (χ4v) is 2.45. The molecule has 1 aromatic carbocycles. The van der Waals surface area contributed by atoms with E-state index in [0.717, 1.165) is 4.88 Å². The predicted octanol–water partition coefficient (Wildman–Crippen LogP) is 2.46. The van der Waals surface area contributed by atoms with Crippen LogP contribution in [0.1, 0.15) is 11.0 Å². The number of rotatable bonds is 6. The van der Waals surface area contributed by atoms with Gasteiger partial charge in [-0.15, -0.1) is 11.3 Å². The van der Waals surface area contributed by atoms with Gasteiger partial charge in [0.2, 0.25) is 0 Å². The monoisotopic (exact) mass is 309 g/mol. The fraction of sp³-hybridized carbons (Fsp3) is 0.267. The van der Waals surface area contributed by atoms with Crippen molar-refractivity contribution in [2.75, 3.05) is 20.2 Å². The average molecular weight is 309 g/mol. The summed E-state index contributed by atoms with van der Waals surface area (Å²) in [5.74, 6) is -0.793. The van der Waals surface area contributed by atoms with Crippen molar-refractivity contribution in [1.29, 1.82) is 0 Å². The third-order valence-corrected chi connectivity index (χ3v) is 3.91. The highest BCUT2D eigenvalue weighted by Crippen LogP contribution is 2.19. The number of likely N-dealkylation sites (N-methyl/N-ethyl adjacent to an activating group) is 1. The number of carbonyl (C=O) groups excluding carboxylic acids is 1. The van der Waals surface area contributed by atoms with Crippen LogP contribution in [0.5, 0.6) is 5.75 Å². The molecule has 6 heteroatoms. The van der Waals surface area contributed by atoms with E-state index in [2.05, 4.69) is 0 Å². The number of carbonyl (C=O) groups is 1. The molecule has 0 aliphatic rings. The third kappa shape index (κ3) is 4.27. The van der Waals surface area contributed by atoms with Crippen molar-refractivity contribution < 1.29 is 19.0 Å². The van der Waals surface area contributed by atoms with Crippen LogP contribution in [-0.4, -0.2) is 36.1 Å². The number of hydrogen-bond donors (Lipinski definition) is 1. The Morgan fingerprint density at radius 3 is 2.81 bits per heavy atom. The van der Waals surface area contributed by atoms with Crippen molar-refractivity contribution in [1.82, 2.24) is 4.90 Å². The molecule has 0 fully saturated rings. The number of ether oxygens (including phenoxy) is 1. The molecule has 0 aliphatic carbocycles. The largest absolute Gasteiger partial charge is 0.481 e. The van der Waals surface area contributed by atoms with Gasteiger partial charge in [-0.25, -0.2) is 4.39 Å². The molecule has 0 aliphatic heterocycles. The Morgan fingerprint density at radius 2 is 2.14 bits per heavy atom. The van der Waals surface area contributed by atoms with Gasteiger partial charge in [-0.1, -0.05) is 18.2 Å². The zero-order valence-electron chi connectivity index (χ0n) is 11.5. The number of thiophene rings is 1. The van der Waals surface area contributed by atoms with E-state index >= 15 is 0 Å². The topological polar surface area (TPSA) is 49.8 Å². The number of hydrogen-bond acceptors (Lipinski definition) is 4. The minimum Gasteiger partial charge on any atom is -0.481 e. The van der Waals surface area contributed by atoms with Gasteiger partial charge in [-0.05, 0) is 23.6 Å².